The molecule has 0 unspecified atom stereocenters. The second-order valence-electron chi connectivity index (χ2n) is 4.50. The third-order valence-corrected chi connectivity index (χ3v) is 2.84. The first-order valence-corrected chi connectivity index (χ1v) is 5.95. The lowest BCUT2D eigenvalue weighted by molar-refractivity contribution is 0.0970. The second-order valence-corrected chi connectivity index (χ2v) is 4.50. The van der Waals surface area contributed by atoms with E-state index >= 15 is 0 Å². The average Bonchev–Trinajstić information content (AvgIpc) is 2.72. The van der Waals surface area contributed by atoms with Gasteiger partial charge in [-0.3, -0.25) is 13.9 Å². The van der Waals surface area contributed by atoms with Gasteiger partial charge in [-0.25, -0.2) is 4.79 Å². The number of aromatic nitrogens is 2. The lowest BCUT2D eigenvalue weighted by atomic mass is 10.1. The number of rotatable bonds is 4. The predicted octanol–water partition coefficient (Wildman–Crippen LogP) is 2.11. The number of benzene rings is 1. The summed E-state index contributed by atoms with van der Waals surface area (Å²) < 4.78 is 3.05. The van der Waals surface area contributed by atoms with E-state index in [0.717, 1.165) is 0 Å². The number of ketones is 1. The Morgan fingerprint density at radius 1 is 1.17 bits per heavy atom. The monoisotopic (exact) mass is 244 g/mol. The summed E-state index contributed by atoms with van der Waals surface area (Å²) in [6.45, 7) is 3.96. The Bertz CT molecular complexity index is 594. The SMILES string of the molecule is CC(C)n1ccn(CC(=O)c2ccccc2)c1=O. The van der Waals surface area contributed by atoms with Crippen LogP contribution in [0.1, 0.15) is 30.2 Å². The van der Waals surface area contributed by atoms with Crippen LogP contribution in [0, 0.1) is 0 Å². The zero-order valence-corrected chi connectivity index (χ0v) is 10.5. The summed E-state index contributed by atoms with van der Waals surface area (Å²) in [6.07, 6.45) is 3.37. The van der Waals surface area contributed by atoms with Crippen LogP contribution in [-0.2, 0) is 6.54 Å². The molecule has 18 heavy (non-hydrogen) atoms. The molecule has 0 spiro atoms. The van der Waals surface area contributed by atoms with Crippen molar-refractivity contribution in [3.05, 3.63) is 58.8 Å². The van der Waals surface area contributed by atoms with Gasteiger partial charge in [0.1, 0.15) is 0 Å². The Labute approximate surface area is 105 Å². The van der Waals surface area contributed by atoms with E-state index in [1.807, 2.05) is 32.0 Å². The predicted molar refractivity (Wildman–Crippen MR) is 69.8 cm³/mol. The third-order valence-electron chi connectivity index (χ3n) is 2.84. The number of imidazole rings is 1. The molecule has 0 aliphatic carbocycles. The molecular formula is C14H16N2O2. The summed E-state index contributed by atoms with van der Waals surface area (Å²) in [5.74, 6) is -0.0563. The molecule has 0 bridgehead atoms. The molecule has 0 amide bonds. The molecule has 0 saturated heterocycles. The van der Waals surface area contributed by atoms with E-state index in [-0.39, 0.29) is 24.1 Å². The molecule has 94 valence electrons. The molecule has 1 aromatic heterocycles. The van der Waals surface area contributed by atoms with Crippen LogP contribution in [0.5, 0.6) is 0 Å². The van der Waals surface area contributed by atoms with Crippen molar-refractivity contribution in [2.45, 2.75) is 26.4 Å². The van der Waals surface area contributed by atoms with Crippen molar-refractivity contribution in [3.63, 3.8) is 0 Å². The molecule has 0 N–H and O–H groups in total. The summed E-state index contributed by atoms with van der Waals surface area (Å²) in [5.41, 5.74) is 0.482. The van der Waals surface area contributed by atoms with E-state index in [9.17, 15) is 9.59 Å². The van der Waals surface area contributed by atoms with Crippen molar-refractivity contribution in [1.29, 1.82) is 0 Å². The van der Waals surface area contributed by atoms with E-state index in [2.05, 4.69) is 0 Å². The molecule has 4 nitrogen and oxygen atoms in total. The van der Waals surface area contributed by atoms with Crippen LogP contribution in [0.25, 0.3) is 0 Å². The summed E-state index contributed by atoms with van der Waals surface area (Å²) in [4.78, 5) is 23.9. The van der Waals surface area contributed by atoms with E-state index < -0.39 is 0 Å². The van der Waals surface area contributed by atoms with Gasteiger partial charge in [0.05, 0.1) is 6.54 Å². The molecular weight excluding hydrogens is 228 g/mol. The van der Waals surface area contributed by atoms with Crippen LogP contribution < -0.4 is 5.69 Å². The highest BCUT2D eigenvalue weighted by Crippen LogP contribution is 2.03. The van der Waals surface area contributed by atoms with Gasteiger partial charge >= 0.3 is 5.69 Å². The number of Topliss-reactive ketones (excluding diaryl/α,β-unsaturated/α-hetero) is 1. The van der Waals surface area contributed by atoms with Crippen LogP contribution in [0.3, 0.4) is 0 Å². The summed E-state index contributed by atoms with van der Waals surface area (Å²) in [6, 6.07) is 9.10. The third kappa shape index (κ3) is 2.42. The van der Waals surface area contributed by atoms with Crippen LogP contribution >= 0.6 is 0 Å². The Balaban J connectivity index is 2.21. The fourth-order valence-electron chi connectivity index (χ4n) is 1.81. The lowest BCUT2D eigenvalue weighted by Crippen LogP contribution is -2.27. The van der Waals surface area contributed by atoms with Crippen molar-refractivity contribution < 1.29 is 4.79 Å². The minimum atomic E-state index is -0.144. The minimum absolute atomic E-state index is 0.0563. The van der Waals surface area contributed by atoms with Gasteiger partial charge in [-0.2, -0.15) is 0 Å². The summed E-state index contributed by atoms with van der Waals surface area (Å²) in [5, 5.41) is 0. The highest BCUT2D eigenvalue weighted by Gasteiger charge is 2.10. The van der Waals surface area contributed by atoms with Crippen molar-refractivity contribution in [2.24, 2.45) is 0 Å². The molecule has 0 radical (unpaired) electrons. The van der Waals surface area contributed by atoms with Gasteiger partial charge in [0.15, 0.2) is 5.78 Å². The van der Waals surface area contributed by atoms with Crippen LogP contribution in [0.2, 0.25) is 0 Å². The molecule has 2 aromatic rings. The van der Waals surface area contributed by atoms with E-state index in [1.165, 1.54) is 4.57 Å². The number of hydrogen-bond acceptors (Lipinski definition) is 2. The van der Waals surface area contributed by atoms with E-state index in [0.29, 0.717) is 5.56 Å². The smallest absolute Gasteiger partial charge is 0.297 e. The highest BCUT2D eigenvalue weighted by molar-refractivity contribution is 5.95. The van der Waals surface area contributed by atoms with Crippen molar-refractivity contribution in [2.75, 3.05) is 0 Å². The second kappa shape index (κ2) is 5.04. The normalized spacial score (nSPS) is 10.8. The topological polar surface area (TPSA) is 44.0 Å². The quantitative estimate of drug-likeness (QED) is 0.773. The standard InChI is InChI=1S/C14H16N2O2/c1-11(2)16-9-8-15(14(16)18)10-13(17)12-6-4-3-5-7-12/h3-9,11H,10H2,1-2H3. The number of carbonyl (C=O) groups is 1. The molecule has 1 aromatic carbocycles. The van der Waals surface area contributed by atoms with Gasteiger partial charge < -0.3 is 0 Å². The molecule has 0 atom stereocenters. The van der Waals surface area contributed by atoms with Gasteiger partial charge in [-0.15, -0.1) is 0 Å². The highest BCUT2D eigenvalue weighted by atomic mass is 16.2. The first-order valence-electron chi connectivity index (χ1n) is 5.95. The Hall–Kier alpha value is -2.10. The van der Waals surface area contributed by atoms with E-state index in [1.54, 1.807) is 29.1 Å². The number of carbonyl (C=O) groups excluding carboxylic acids is 1. The van der Waals surface area contributed by atoms with Crippen molar-refractivity contribution in [3.8, 4) is 0 Å². The fourth-order valence-corrected chi connectivity index (χ4v) is 1.81. The van der Waals surface area contributed by atoms with Gasteiger partial charge in [0.25, 0.3) is 0 Å². The van der Waals surface area contributed by atoms with Gasteiger partial charge in [0.2, 0.25) is 0 Å². The fraction of sp³-hybridized carbons (Fsp3) is 0.286. The van der Waals surface area contributed by atoms with Gasteiger partial charge in [-0.05, 0) is 13.8 Å². The zero-order valence-electron chi connectivity index (χ0n) is 10.5. The Morgan fingerprint density at radius 2 is 1.83 bits per heavy atom. The minimum Gasteiger partial charge on any atom is -0.297 e. The van der Waals surface area contributed by atoms with E-state index in [4.69, 9.17) is 0 Å². The molecule has 1 heterocycles. The van der Waals surface area contributed by atoms with Gasteiger partial charge in [-0.1, -0.05) is 30.3 Å². The van der Waals surface area contributed by atoms with Crippen LogP contribution in [-0.4, -0.2) is 14.9 Å². The average molecular weight is 244 g/mol. The number of hydrogen-bond donors (Lipinski definition) is 0. The first-order chi connectivity index (χ1) is 8.59. The van der Waals surface area contributed by atoms with Crippen molar-refractivity contribution in [1.82, 2.24) is 9.13 Å². The maximum Gasteiger partial charge on any atom is 0.328 e. The molecule has 0 aliphatic heterocycles. The molecule has 0 fully saturated rings. The Kier molecular flexibility index (Phi) is 3.46. The van der Waals surface area contributed by atoms with Crippen molar-refractivity contribution >= 4 is 5.78 Å². The van der Waals surface area contributed by atoms with Gasteiger partial charge in [0, 0.05) is 24.0 Å². The lowest BCUT2D eigenvalue weighted by Gasteiger charge is -2.04. The summed E-state index contributed by atoms with van der Waals surface area (Å²) in [7, 11) is 0. The zero-order chi connectivity index (χ0) is 13.1. The molecule has 0 aliphatic rings. The first kappa shape index (κ1) is 12.4. The Morgan fingerprint density at radius 3 is 2.39 bits per heavy atom. The largest absolute Gasteiger partial charge is 0.328 e. The van der Waals surface area contributed by atoms with Crippen LogP contribution in [0.15, 0.2) is 47.5 Å². The maximum atomic E-state index is 12.0. The van der Waals surface area contributed by atoms with Crippen LogP contribution in [0.4, 0.5) is 0 Å². The molecule has 2 rings (SSSR count). The molecule has 0 saturated carbocycles. The maximum absolute atomic E-state index is 12.0. The number of nitrogens with zero attached hydrogens (tertiary/aromatic N) is 2. The summed E-state index contributed by atoms with van der Waals surface area (Å²) >= 11 is 0. The molecule has 4 heteroatoms.